The lowest BCUT2D eigenvalue weighted by atomic mass is 9.81. The van der Waals surface area contributed by atoms with Crippen molar-refractivity contribution in [3.05, 3.63) is 173 Å². The summed E-state index contributed by atoms with van der Waals surface area (Å²) in [6.45, 7) is 14.0. The van der Waals surface area contributed by atoms with Gasteiger partial charge < -0.3 is 9.32 Å². The van der Waals surface area contributed by atoms with Crippen LogP contribution in [0.4, 0.5) is 17.1 Å². The SMILES string of the molecule is Cc1cccc(C)c1N(c1ccc2c(c1)C(C)(C)c1cc3c(cc1-2)oc1ccccc13)c1ccc2cc3c(cc2c1)C(C)(C)c1cc2ccccc2cc1-3. The van der Waals surface area contributed by atoms with Crippen molar-refractivity contribution in [1.29, 1.82) is 0 Å². The minimum atomic E-state index is -0.185. The highest BCUT2D eigenvalue weighted by Crippen LogP contribution is 2.54. The third kappa shape index (κ3) is 4.23. The second-order valence-corrected chi connectivity index (χ2v) is 16.7. The van der Waals surface area contributed by atoms with Gasteiger partial charge in [-0.3, -0.25) is 0 Å². The number of para-hydroxylation sites is 2. The highest BCUT2D eigenvalue weighted by atomic mass is 16.3. The summed E-state index contributed by atoms with van der Waals surface area (Å²) in [4.78, 5) is 2.49. The van der Waals surface area contributed by atoms with Crippen molar-refractivity contribution in [2.24, 2.45) is 0 Å². The van der Waals surface area contributed by atoms with Crippen LogP contribution < -0.4 is 4.90 Å². The number of hydrogen-bond donors (Lipinski definition) is 0. The lowest BCUT2D eigenvalue weighted by Gasteiger charge is -2.30. The van der Waals surface area contributed by atoms with E-state index in [1.165, 1.54) is 99.3 Å². The van der Waals surface area contributed by atoms with Crippen LogP contribution in [0.25, 0.3) is 65.7 Å². The van der Waals surface area contributed by atoms with E-state index in [0.717, 1.165) is 16.9 Å². The van der Waals surface area contributed by atoms with Gasteiger partial charge in [0.25, 0.3) is 0 Å². The second-order valence-electron chi connectivity index (χ2n) is 16.7. The zero-order valence-electron chi connectivity index (χ0n) is 31.6. The fraction of sp³-hybridized carbons (Fsp3) is 0.154. The van der Waals surface area contributed by atoms with Crippen molar-refractivity contribution in [3.63, 3.8) is 0 Å². The van der Waals surface area contributed by atoms with E-state index in [9.17, 15) is 0 Å². The molecule has 1 aromatic heterocycles. The van der Waals surface area contributed by atoms with E-state index in [1.54, 1.807) is 0 Å². The Kier molecular flexibility index (Phi) is 6.24. The molecular weight excluding hydrogens is 655 g/mol. The Morgan fingerprint density at radius 3 is 1.70 bits per heavy atom. The highest BCUT2D eigenvalue weighted by Gasteiger charge is 2.38. The van der Waals surface area contributed by atoms with Gasteiger partial charge in [-0.15, -0.1) is 0 Å². The molecule has 2 aliphatic carbocycles. The Bertz CT molecular complexity index is 3060. The van der Waals surface area contributed by atoms with Gasteiger partial charge in [0.1, 0.15) is 11.2 Å². The van der Waals surface area contributed by atoms with E-state index < -0.39 is 0 Å². The lowest BCUT2D eigenvalue weighted by molar-refractivity contribution is 0.658. The largest absolute Gasteiger partial charge is 0.456 e. The molecule has 1 heterocycles. The number of furan rings is 1. The fourth-order valence-corrected chi connectivity index (χ4v) is 9.93. The average molecular weight is 696 g/mol. The monoisotopic (exact) mass is 695 g/mol. The predicted molar refractivity (Wildman–Crippen MR) is 228 cm³/mol. The van der Waals surface area contributed by atoms with Gasteiger partial charge in [-0.2, -0.15) is 0 Å². The van der Waals surface area contributed by atoms with E-state index in [2.05, 4.69) is 180 Å². The fourth-order valence-electron chi connectivity index (χ4n) is 9.93. The number of hydrogen-bond acceptors (Lipinski definition) is 2. The van der Waals surface area contributed by atoms with Crippen LogP contribution >= 0.6 is 0 Å². The maximum absolute atomic E-state index is 6.37. The zero-order valence-corrected chi connectivity index (χ0v) is 31.6. The Morgan fingerprint density at radius 2 is 0.963 bits per heavy atom. The Balaban J connectivity index is 1.08. The minimum absolute atomic E-state index is 0.0981. The van der Waals surface area contributed by atoms with Gasteiger partial charge >= 0.3 is 0 Å². The highest BCUT2D eigenvalue weighted by molar-refractivity contribution is 6.08. The van der Waals surface area contributed by atoms with Crippen LogP contribution in [0.3, 0.4) is 0 Å². The number of fused-ring (bicyclic) bond motifs is 11. The van der Waals surface area contributed by atoms with Crippen molar-refractivity contribution in [2.75, 3.05) is 4.90 Å². The maximum atomic E-state index is 6.37. The molecule has 0 aliphatic heterocycles. The van der Waals surface area contributed by atoms with Gasteiger partial charge in [0.05, 0.1) is 5.69 Å². The van der Waals surface area contributed by atoms with Crippen LogP contribution in [0.2, 0.25) is 0 Å². The quantitative estimate of drug-likeness (QED) is 0.183. The van der Waals surface area contributed by atoms with E-state index >= 15 is 0 Å². The van der Waals surface area contributed by atoms with Crippen LogP contribution in [0, 0.1) is 13.8 Å². The van der Waals surface area contributed by atoms with Crippen LogP contribution in [-0.2, 0) is 10.8 Å². The zero-order chi connectivity index (χ0) is 36.7. The number of benzene rings is 8. The molecule has 0 saturated heterocycles. The Labute approximate surface area is 316 Å². The van der Waals surface area contributed by atoms with E-state index in [1.807, 2.05) is 6.07 Å². The minimum Gasteiger partial charge on any atom is -0.456 e. The molecule has 0 unspecified atom stereocenters. The van der Waals surface area contributed by atoms with E-state index in [0.29, 0.717) is 0 Å². The molecule has 0 fully saturated rings. The molecule has 8 aromatic carbocycles. The van der Waals surface area contributed by atoms with Gasteiger partial charge in [0.15, 0.2) is 0 Å². The molecule has 0 atom stereocenters. The molecule has 11 rings (SSSR count). The molecule has 0 radical (unpaired) electrons. The third-order valence-electron chi connectivity index (χ3n) is 12.8. The summed E-state index contributed by atoms with van der Waals surface area (Å²) in [5.41, 5.74) is 18.4. The Morgan fingerprint density at radius 1 is 0.407 bits per heavy atom. The average Bonchev–Trinajstić information content (AvgIpc) is 3.72. The molecule has 2 heteroatoms. The summed E-state index contributed by atoms with van der Waals surface area (Å²) >= 11 is 0. The molecule has 2 nitrogen and oxygen atoms in total. The molecule has 0 spiro atoms. The molecule has 54 heavy (non-hydrogen) atoms. The van der Waals surface area contributed by atoms with Crippen molar-refractivity contribution in [3.8, 4) is 22.3 Å². The normalized spacial score (nSPS) is 14.8. The van der Waals surface area contributed by atoms with E-state index in [4.69, 9.17) is 4.42 Å². The van der Waals surface area contributed by atoms with Crippen LogP contribution in [0.15, 0.2) is 144 Å². The molecule has 2 aliphatic rings. The predicted octanol–water partition coefficient (Wildman–Crippen LogP) is 14.6. The first-order chi connectivity index (χ1) is 26.1. The third-order valence-corrected chi connectivity index (χ3v) is 12.8. The lowest BCUT2D eigenvalue weighted by Crippen LogP contribution is -2.17. The van der Waals surface area contributed by atoms with E-state index in [-0.39, 0.29) is 10.8 Å². The number of aryl methyl sites for hydroxylation is 2. The van der Waals surface area contributed by atoms with Crippen molar-refractivity contribution >= 4 is 60.5 Å². The maximum Gasteiger partial charge on any atom is 0.136 e. The van der Waals surface area contributed by atoms with Gasteiger partial charge in [-0.25, -0.2) is 0 Å². The summed E-state index contributed by atoms with van der Waals surface area (Å²) in [5.74, 6) is 0. The standard InChI is InChI=1S/C52H41NO/c1-30-12-11-13-31(2)50(30)53(37-20-21-38-42-29-49-43(39-16-9-10-17-48(39)54-49)28-47(42)52(5,6)46(38)27-37)36-19-18-34-24-41-40-23-32-14-7-8-15-33(32)25-44(40)51(3,4)45(41)26-35(34)22-36/h7-29H,1-6H3. The van der Waals surface area contributed by atoms with Crippen LogP contribution in [0.5, 0.6) is 0 Å². The molecule has 260 valence electrons. The Hall–Kier alpha value is -6.12. The molecule has 0 amide bonds. The summed E-state index contributed by atoms with van der Waals surface area (Å²) in [6, 6.07) is 52.2. The van der Waals surface area contributed by atoms with Gasteiger partial charge in [0, 0.05) is 33.0 Å². The summed E-state index contributed by atoms with van der Waals surface area (Å²) in [6.07, 6.45) is 0. The second kappa shape index (κ2) is 10.7. The summed E-state index contributed by atoms with van der Waals surface area (Å²) in [5, 5.41) is 7.48. The summed E-state index contributed by atoms with van der Waals surface area (Å²) < 4.78 is 6.37. The molecular formula is C52H41NO. The molecule has 9 aromatic rings. The number of nitrogens with zero attached hydrogens (tertiary/aromatic N) is 1. The van der Waals surface area contributed by atoms with Gasteiger partial charge in [-0.05, 0) is 158 Å². The summed E-state index contributed by atoms with van der Waals surface area (Å²) in [7, 11) is 0. The molecule has 0 saturated carbocycles. The first kappa shape index (κ1) is 31.4. The van der Waals surface area contributed by atoms with Crippen molar-refractivity contribution in [2.45, 2.75) is 52.4 Å². The van der Waals surface area contributed by atoms with Gasteiger partial charge in [0.2, 0.25) is 0 Å². The van der Waals surface area contributed by atoms with Crippen LogP contribution in [-0.4, -0.2) is 0 Å². The van der Waals surface area contributed by atoms with Gasteiger partial charge in [-0.1, -0.05) is 100 Å². The number of anilines is 3. The topological polar surface area (TPSA) is 16.4 Å². The molecule has 0 N–H and O–H groups in total. The van der Waals surface area contributed by atoms with Crippen molar-refractivity contribution < 1.29 is 4.42 Å². The van der Waals surface area contributed by atoms with Crippen molar-refractivity contribution in [1.82, 2.24) is 0 Å². The first-order valence-corrected chi connectivity index (χ1v) is 19.2. The van der Waals surface area contributed by atoms with Crippen LogP contribution in [0.1, 0.15) is 61.1 Å². The molecule has 0 bridgehead atoms. The first-order valence-electron chi connectivity index (χ1n) is 19.2. The number of rotatable bonds is 3. The smallest absolute Gasteiger partial charge is 0.136 e.